The fourth-order valence-electron chi connectivity index (χ4n) is 23.5. The number of nitrogens with zero attached hydrogens (tertiary/aromatic N) is 4. The van der Waals surface area contributed by atoms with E-state index < -0.39 is 10.8 Å². The number of rotatable bonds is 19. The van der Waals surface area contributed by atoms with E-state index in [-0.39, 0.29) is 0 Å². The van der Waals surface area contributed by atoms with E-state index in [1.807, 2.05) is 0 Å². The number of para-hydroxylation sites is 6. The SMILES string of the molecule is CC1(c2ccccc2)c2ccccc2-c2c(N(c3ccc(-c4cccc5c6cc(-c7ccc8c(c7)C(C)(c7ccccc7)c7cccc(N(c9ccc(-c%10cccc%11c%10c%10ccccc%10n%11-c%10ccccc%10)cc9)c9ccccc9-c9ccccc9-c9ccccc9-c9ccccc9)c7-8)ccc6n(-c6ccccc6)c45)cc3)c3ccccc3-c3ccccc3-c3ccccc3-c3ccccc3)cccc21. The maximum absolute atomic E-state index is 2.56. The second-order valence-corrected chi connectivity index (χ2v) is 37.4. The fraction of sp³-hybridized carbons (Fsp3) is 0.0294. The first-order chi connectivity index (χ1) is 69.3. The van der Waals surface area contributed by atoms with Gasteiger partial charge in [0.1, 0.15) is 0 Å². The Kier molecular flexibility index (Phi) is 20.2. The molecule has 2 heterocycles. The van der Waals surface area contributed by atoms with Crippen molar-refractivity contribution in [3.05, 3.63) is 567 Å². The van der Waals surface area contributed by atoms with Gasteiger partial charge in [-0.3, -0.25) is 0 Å². The highest BCUT2D eigenvalue weighted by Crippen LogP contribution is 2.62. The zero-order chi connectivity index (χ0) is 92.9. The molecular weight excluding hydrogens is 1690 g/mol. The highest BCUT2D eigenvalue weighted by atomic mass is 15.2. The lowest BCUT2D eigenvalue weighted by Gasteiger charge is -2.32. The zero-order valence-corrected chi connectivity index (χ0v) is 77.6. The summed E-state index contributed by atoms with van der Waals surface area (Å²) in [6.45, 7) is 4.88. The minimum atomic E-state index is -0.603. The smallest absolute Gasteiger partial charge is 0.0619 e. The van der Waals surface area contributed by atoms with Gasteiger partial charge in [0.25, 0.3) is 0 Å². The van der Waals surface area contributed by atoms with Gasteiger partial charge < -0.3 is 18.9 Å². The van der Waals surface area contributed by atoms with Crippen LogP contribution >= 0.6 is 0 Å². The summed E-state index contributed by atoms with van der Waals surface area (Å²) < 4.78 is 4.91. The maximum atomic E-state index is 2.56. The van der Waals surface area contributed by atoms with E-state index in [4.69, 9.17) is 0 Å². The second-order valence-electron chi connectivity index (χ2n) is 37.4. The molecule has 0 saturated carbocycles. The molecule has 24 aromatic rings. The van der Waals surface area contributed by atoms with E-state index in [9.17, 15) is 0 Å². The lowest BCUT2D eigenvalue weighted by molar-refractivity contribution is 0.714. The Morgan fingerprint density at radius 1 is 0.179 bits per heavy atom. The van der Waals surface area contributed by atoms with Crippen molar-refractivity contribution in [2.45, 2.75) is 24.7 Å². The minimum Gasteiger partial charge on any atom is -0.309 e. The van der Waals surface area contributed by atoms with Crippen LogP contribution in [-0.4, -0.2) is 9.13 Å². The van der Waals surface area contributed by atoms with Crippen LogP contribution < -0.4 is 9.80 Å². The molecule has 22 aromatic carbocycles. The monoisotopic (exact) mass is 1780 g/mol. The average Bonchev–Trinajstić information content (AvgIpc) is 1.54. The summed E-state index contributed by atoms with van der Waals surface area (Å²) in [5.74, 6) is 0. The zero-order valence-electron chi connectivity index (χ0n) is 77.6. The summed E-state index contributed by atoms with van der Waals surface area (Å²) in [7, 11) is 0. The van der Waals surface area contributed by atoms with Gasteiger partial charge in [-0.2, -0.15) is 0 Å². The Morgan fingerprint density at radius 3 is 1.03 bits per heavy atom. The van der Waals surface area contributed by atoms with Crippen LogP contribution in [0.5, 0.6) is 0 Å². The molecular formula is C136H94N4. The van der Waals surface area contributed by atoms with E-state index in [0.717, 1.165) is 112 Å². The average molecular weight is 1780 g/mol. The third kappa shape index (κ3) is 13.4. The lowest BCUT2D eigenvalue weighted by atomic mass is 9.74. The standard InChI is InChI=1S/C136H94N4/c1-135(97-45-13-5-14-46-97)120-68-33-29-63-116(120)132-121(135)69-39-75-129(132)138(124-71-34-30-61-113(124)111-59-27-25-57-109(111)107-55-23-21-53-103(107)91-41-9-3-10-42-91)102-85-79-94(80-86-102)106-66-37-67-115-119-89-95(82-88-127(119)140(134(106)115)100-51-19-8-20-52-100)96-81-87-117-123(90-96)136(2,98-47-15-6-16-48-98)122-70-40-76-130(133(117)122)139(125-72-35-31-62-114(125)112-60-28-26-58-110(112)108-56-24-22-54-104(108)92-43-11-4-12-44-92)101-83-77-93(78-84-101)105-65-38-74-128-131(105)118-64-32-36-73-126(118)137(128)99-49-17-7-18-50-99/h3-90H,1-2H3. The van der Waals surface area contributed by atoms with Gasteiger partial charge in [0, 0.05) is 82.9 Å². The predicted octanol–water partition coefficient (Wildman–Crippen LogP) is 36.5. The molecule has 0 amide bonds. The summed E-state index contributed by atoms with van der Waals surface area (Å²) in [4.78, 5) is 5.11. The summed E-state index contributed by atoms with van der Waals surface area (Å²) >= 11 is 0. The van der Waals surface area contributed by atoms with Gasteiger partial charge >= 0.3 is 0 Å². The molecule has 140 heavy (non-hydrogen) atoms. The highest BCUT2D eigenvalue weighted by Gasteiger charge is 2.45. The Labute approximate surface area is 816 Å². The summed E-state index contributed by atoms with van der Waals surface area (Å²) in [6.07, 6.45) is 0. The summed E-state index contributed by atoms with van der Waals surface area (Å²) in [5.41, 5.74) is 45.4. The fourth-order valence-corrected chi connectivity index (χ4v) is 23.5. The molecule has 26 rings (SSSR count). The van der Waals surface area contributed by atoms with Crippen LogP contribution in [0, 0.1) is 0 Å². The van der Waals surface area contributed by atoms with Gasteiger partial charge in [0.15, 0.2) is 0 Å². The van der Waals surface area contributed by atoms with Crippen molar-refractivity contribution in [3.8, 4) is 134 Å². The molecule has 2 aromatic heterocycles. The molecule has 2 aliphatic rings. The molecule has 0 radical (unpaired) electrons. The van der Waals surface area contributed by atoms with Gasteiger partial charge in [0.2, 0.25) is 0 Å². The van der Waals surface area contributed by atoms with Gasteiger partial charge in [-0.25, -0.2) is 0 Å². The molecule has 2 aliphatic carbocycles. The molecule has 0 spiro atoms. The number of aromatic nitrogens is 2. The third-order valence-electron chi connectivity index (χ3n) is 30.0. The number of fused-ring (bicyclic) bond motifs is 12. The number of hydrogen-bond acceptors (Lipinski definition) is 2. The van der Waals surface area contributed by atoms with E-state index in [1.165, 1.54) is 133 Å². The lowest BCUT2D eigenvalue weighted by Crippen LogP contribution is -2.22. The molecule has 0 aliphatic heterocycles. The van der Waals surface area contributed by atoms with Crippen molar-refractivity contribution in [2.24, 2.45) is 0 Å². The topological polar surface area (TPSA) is 16.3 Å². The molecule has 4 nitrogen and oxygen atoms in total. The normalized spacial score (nSPS) is 14.0. The molecule has 0 bridgehead atoms. The Bertz CT molecular complexity index is 8930. The molecule has 2 unspecified atom stereocenters. The van der Waals surface area contributed by atoms with Crippen molar-refractivity contribution < 1.29 is 0 Å². The molecule has 4 heteroatoms. The summed E-state index contributed by atoms with van der Waals surface area (Å²) in [6, 6.07) is 199. The molecule has 0 fully saturated rings. The first kappa shape index (κ1) is 82.7. The molecule has 0 N–H and O–H groups in total. The second kappa shape index (κ2) is 34.1. The number of benzene rings is 22. The quantitative estimate of drug-likeness (QED) is 0.0802. The van der Waals surface area contributed by atoms with Crippen molar-refractivity contribution >= 4 is 77.7 Å². The Hall–Kier alpha value is -18.0. The maximum Gasteiger partial charge on any atom is 0.0619 e. The highest BCUT2D eigenvalue weighted by molar-refractivity contribution is 6.18. The first-order valence-electron chi connectivity index (χ1n) is 48.6. The van der Waals surface area contributed by atoms with Gasteiger partial charge in [0.05, 0.1) is 44.8 Å². The van der Waals surface area contributed by atoms with E-state index >= 15 is 0 Å². The molecule has 658 valence electrons. The van der Waals surface area contributed by atoms with Crippen LogP contribution in [0.2, 0.25) is 0 Å². The van der Waals surface area contributed by atoms with Crippen LogP contribution in [0.25, 0.3) is 177 Å². The van der Waals surface area contributed by atoms with Crippen LogP contribution in [0.3, 0.4) is 0 Å². The largest absolute Gasteiger partial charge is 0.309 e. The van der Waals surface area contributed by atoms with E-state index in [1.54, 1.807) is 0 Å². The van der Waals surface area contributed by atoms with Gasteiger partial charge in [-0.05, 0) is 245 Å². The van der Waals surface area contributed by atoms with Crippen molar-refractivity contribution in [1.82, 2.24) is 9.13 Å². The molecule has 2 atom stereocenters. The Morgan fingerprint density at radius 2 is 0.500 bits per heavy atom. The molecule has 0 saturated heterocycles. The van der Waals surface area contributed by atoms with Crippen LogP contribution in [0.1, 0.15) is 47.2 Å². The van der Waals surface area contributed by atoms with Crippen LogP contribution in [-0.2, 0) is 10.8 Å². The van der Waals surface area contributed by atoms with E-state index in [2.05, 4.69) is 567 Å². The van der Waals surface area contributed by atoms with Gasteiger partial charge in [-0.15, -0.1) is 0 Å². The first-order valence-corrected chi connectivity index (χ1v) is 48.6. The van der Waals surface area contributed by atoms with Crippen LogP contribution in [0.4, 0.5) is 34.1 Å². The summed E-state index contributed by atoms with van der Waals surface area (Å²) in [5, 5.41) is 4.79. The minimum absolute atomic E-state index is 0.430. The van der Waals surface area contributed by atoms with Crippen molar-refractivity contribution in [2.75, 3.05) is 9.80 Å². The predicted molar refractivity (Wildman–Crippen MR) is 588 cm³/mol. The van der Waals surface area contributed by atoms with Crippen molar-refractivity contribution in [3.63, 3.8) is 0 Å². The number of anilines is 6. The van der Waals surface area contributed by atoms with E-state index in [0.29, 0.717) is 0 Å². The van der Waals surface area contributed by atoms with Crippen molar-refractivity contribution in [1.29, 1.82) is 0 Å². The number of hydrogen-bond donors (Lipinski definition) is 0. The van der Waals surface area contributed by atoms with Crippen LogP contribution in [0.15, 0.2) is 534 Å². The third-order valence-corrected chi connectivity index (χ3v) is 30.0. The van der Waals surface area contributed by atoms with Gasteiger partial charge in [-0.1, -0.05) is 431 Å². The Balaban J connectivity index is 0.625.